The lowest BCUT2D eigenvalue weighted by atomic mass is 10.0. The van der Waals surface area contributed by atoms with Crippen LogP contribution in [0.5, 0.6) is 0 Å². The van der Waals surface area contributed by atoms with Crippen molar-refractivity contribution in [1.29, 1.82) is 0 Å². The molecule has 1 atom stereocenters. The number of aromatic nitrogens is 1. The molecule has 1 aliphatic heterocycles. The van der Waals surface area contributed by atoms with Gasteiger partial charge < -0.3 is 10.2 Å². The second-order valence-electron chi connectivity index (χ2n) is 6.39. The number of thiazole rings is 1. The molecule has 1 aromatic heterocycles. The van der Waals surface area contributed by atoms with Crippen LogP contribution < -0.4 is 10.2 Å². The molecular formula is C17H31N3S. The maximum absolute atomic E-state index is 5.01. The Balaban J connectivity index is 2.17. The first-order chi connectivity index (χ1) is 10.2. The molecule has 1 saturated heterocycles. The molecule has 1 aliphatic rings. The number of anilines is 1. The fraction of sp³-hybridized carbons (Fsp3) is 0.824. The lowest BCUT2D eigenvalue weighted by molar-refractivity contribution is 0.449. The molecule has 1 fully saturated rings. The van der Waals surface area contributed by atoms with Crippen LogP contribution in [0.15, 0.2) is 0 Å². The Morgan fingerprint density at radius 3 is 2.81 bits per heavy atom. The molecule has 0 aromatic carbocycles. The molecule has 0 amide bonds. The van der Waals surface area contributed by atoms with Gasteiger partial charge >= 0.3 is 0 Å². The van der Waals surface area contributed by atoms with Gasteiger partial charge in [-0.25, -0.2) is 4.98 Å². The molecular weight excluding hydrogens is 278 g/mol. The maximum atomic E-state index is 5.01. The normalized spacial score (nSPS) is 19.5. The van der Waals surface area contributed by atoms with E-state index < -0.39 is 0 Å². The van der Waals surface area contributed by atoms with Crippen LogP contribution in [0.2, 0.25) is 0 Å². The van der Waals surface area contributed by atoms with Crippen molar-refractivity contribution in [2.45, 2.75) is 78.3 Å². The van der Waals surface area contributed by atoms with Crippen LogP contribution in [0.25, 0.3) is 0 Å². The summed E-state index contributed by atoms with van der Waals surface area (Å²) in [5.41, 5.74) is 1.30. The van der Waals surface area contributed by atoms with Gasteiger partial charge in [0.1, 0.15) is 0 Å². The van der Waals surface area contributed by atoms with E-state index in [1.54, 1.807) is 0 Å². The molecule has 21 heavy (non-hydrogen) atoms. The SMILES string of the molecule is CCCNCc1sc(N2CCCCC2CC)nc1C(C)C. The molecule has 4 heteroatoms. The highest BCUT2D eigenvalue weighted by Crippen LogP contribution is 2.34. The second-order valence-corrected chi connectivity index (χ2v) is 7.45. The van der Waals surface area contributed by atoms with Crippen LogP contribution in [0.4, 0.5) is 5.13 Å². The van der Waals surface area contributed by atoms with Crippen molar-refractivity contribution in [1.82, 2.24) is 10.3 Å². The van der Waals surface area contributed by atoms with E-state index in [0.29, 0.717) is 12.0 Å². The average molecular weight is 310 g/mol. The van der Waals surface area contributed by atoms with Crippen molar-refractivity contribution in [3.05, 3.63) is 10.6 Å². The largest absolute Gasteiger partial charge is 0.345 e. The van der Waals surface area contributed by atoms with E-state index in [1.165, 1.54) is 54.4 Å². The van der Waals surface area contributed by atoms with Crippen LogP contribution in [0, 0.1) is 0 Å². The molecule has 2 rings (SSSR count). The molecule has 1 N–H and O–H groups in total. The third-order valence-corrected chi connectivity index (χ3v) is 5.43. The first-order valence-corrected chi connectivity index (χ1v) is 9.45. The Morgan fingerprint density at radius 2 is 2.14 bits per heavy atom. The zero-order valence-corrected chi connectivity index (χ0v) is 14.9. The monoisotopic (exact) mass is 309 g/mol. The zero-order valence-electron chi connectivity index (χ0n) is 14.1. The summed E-state index contributed by atoms with van der Waals surface area (Å²) >= 11 is 1.92. The van der Waals surface area contributed by atoms with Gasteiger partial charge in [-0.05, 0) is 44.6 Å². The predicted octanol–water partition coefficient (Wildman–Crippen LogP) is 4.54. The summed E-state index contributed by atoms with van der Waals surface area (Å²) in [4.78, 5) is 9.03. The number of nitrogens with zero attached hydrogens (tertiary/aromatic N) is 2. The minimum atomic E-state index is 0.512. The van der Waals surface area contributed by atoms with E-state index in [2.05, 4.69) is 37.9 Å². The quantitative estimate of drug-likeness (QED) is 0.750. The summed E-state index contributed by atoms with van der Waals surface area (Å²) in [5, 5.41) is 4.80. The number of rotatable bonds is 7. The van der Waals surface area contributed by atoms with Crippen molar-refractivity contribution in [2.75, 3.05) is 18.0 Å². The number of hydrogen-bond acceptors (Lipinski definition) is 4. The third-order valence-electron chi connectivity index (χ3n) is 4.32. The molecule has 1 unspecified atom stereocenters. The van der Waals surface area contributed by atoms with Gasteiger partial charge in [0.05, 0.1) is 5.69 Å². The van der Waals surface area contributed by atoms with Gasteiger partial charge in [-0.3, -0.25) is 0 Å². The van der Waals surface area contributed by atoms with Crippen molar-refractivity contribution in [3.8, 4) is 0 Å². The standard InChI is InChI=1S/C17H31N3S/c1-5-10-18-12-15-16(13(3)4)19-17(21-15)20-11-8-7-9-14(20)6-2/h13-14,18H,5-12H2,1-4H3. The van der Waals surface area contributed by atoms with Crippen LogP contribution in [-0.4, -0.2) is 24.1 Å². The molecule has 0 radical (unpaired) electrons. The molecule has 0 saturated carbocycles. The molecule has 0 spiro atoms. The Morgan fingerprint density at radius 1 is 1.33 bits per heavy atom. The molecule has 0 bridgehead atoms. The van der Waals surface area contributed by atoms with Crippen LogP contribution >= 0.6 is 11.3 Å². The molecule has 120 valence electrons. The highest BCUT2D eigenvalue weighted by molar-refractivity contribution is 7.15. The fourth-order valence-corrected chi connectivity index (χ4v) is 4.39. The Bertz CT molecular complexity index is 428. The topological polar surface area (TPSA) is 28.2 Å². The molecule has 1 aromatic rings. The van der Waals surface area contributed by atoms with Gasteiger partial charge in [-0.2, -0.15) is 0 Å². The van der Waals surface area contributed by atoms with Gasteiger partial charge in [0.25, 0.3) is 0 Å². The zero-order chi connectivity index (χ0) is 15.2. The summed E-state index contributed by atoms with van der Waals surface area (Å²) in [7, 11) is 0. The summed E-state index contributed by atoms with van der Waals surface area (Å²) < 4.78 is 0. The van der Waals surface area contributed by atoms with Crippen molar-refractivity contribution in [2.24, 2.45) is 0 Å². The van der Waals surface area contributed by atoms with Gasteiger partial charge in [0.2, 0.25) is 0 Å². The summed E-state index contributed by atoms with van der Waals surface area (Å²) in [6, 6.07) is 0.696. The van der Waals surface area contributed by atoms with E-state index in [0.717, 1.165) is 13.1 Å². The van der Waals surface area contributed by atoms with Crippen LogP contribution in [-0.2, 0) is 6.54 Å². The molecule has 0 aliphatic carbocycles. The first kappa shape index (κ1) is 16.8. The smallest absolute Gasteiger partial charge is 0.186 e. The maximum Gasteiger partial charge on any atom is 0.186 e. The molecule has 3 nitrogen and oxygen atoms in total. The van der Waals surface area contributed by atoms with E-state index in [9.17, 15) is 0 Å². The summed E-state index contributed by atoms with van der Waals surface area (Å²) in [6.07, 6.45) is 6.45. The highest BCUT2D eigenvalue weighted by Gasteiger charge is 2.25. The number of hydrogen-bond donors (Lipinski definition) is 1. The second kappa shape index (κ2) is 8.14. The van der Waals surface area contributed by atoms with Gasteiger partial charge in [-0.15, -0.1) is 11.3 Å². The number of piperidine rings is 1. The Hall–Kier alpha value is -0.610. The van der Waals surface area contributed by atoms with Crippen molar-refractivity contribution in [3.63, 3.8) is 0 Å². The fourth-order valence-electron chi connectivity index (χ4n) is 3.11. The predicted molar refractivity (Wildman–Crippen MR) is 93.5 cm³/mol. The third kappa shape index (κ3) is 4.19. The highest BCUT2D eigenvalue weighted by atomic mass is 32.1. The van der Waals surface area contributed by atoms with Gasteiger partial charge in [0, 0.05) is 24.0 Å². The van der Waals surface area contributed by atoms with Gasteiger partial charge in [0.15, 0.2) is 5.13 Å². The lowest BCUT2D eigenvalue weighted by Crippen LogP contribution is -2.39. The summed E-state index contributed by atoms with van der Waals surface area (Å²) in [6.45, 7) is 12.3. The number of nitrogens with one attached hydrogen (secondary N) is 1. The lowest BCUT2D eigenvalue weighted by Gasteiger charge is -2.35. The average Bonchev–Trinajstić information content (AvgIpc) is 2.92. The van der Waals surface area contributed by atoms with E-state index >= 15 is 0 Å². The Kier molecular flexibility index (Phi) is 6.49. The van der Waals surface area contributed by atoms with Crippen LogP contribution in [0.3, 0.4) is 0 Å². The Labute approximate surface area is 134 Å². The first-order valence-electron chi connectivity index (χ1n) is 8.64. The van der Waals surface area contributed by atoms with E-state index in [4.69, 9.17) is 4.98 Å². The van der Waals surface area contributed by atoms with Crippen LogP contribution in [0.1, 0.15) is 76.3 Å². The van der Waals surface area contributed by atoms with Gasteiger partial charge in [-0.1, -0.05) is 27.7 Å². The minimum absolute atomic E-state index is 0.512. The molecule has 2 heterocycles. The van der Waals surface area contributed by atoms with Crippen molar-refractivity contribution >= 4 is 16.5 Å². The van der Waals surface area contributed by atoms with E-state index in [-0.39, 0.29) is 0 Å². The van der Waals surface area contributed by atoms with Crippen molar-refractivity contribution < 1.29 is 0 Å². The minimum Gasteiger partial charge on any atom is -0.345 e. The summed E-state index contributed by atoms with van der Waals surface area (Å²) in [5.74, 6) is 0.512. The van der Waals surface area contributed by atoms with E-state index in [1.807, 2.05) is 11.3 Å².